The van der Waals surface area contributed by atoms with Crippen LogP contribution in [0.1, 0.15) is 52.6 Å². The van der Waals surface area contributed by atoms with Crippen molar-refractivity contribution in [3.8, 4) is 0 Å². The standard InChI is InChI=1S/C19H23NS/c1-2-20-19(18-11-14-9-6-10-17(14)21-18)16-12-15(16)13-7-4-3-5-8-13/h3-5,7-8,11,15-16,19-20H,2,6,9-10,12H2,1H3. The lowest BCUT2D eigenvalue weighted by Crippen LogP contribution is -2.22. The van der Waals surface area contributed by atoms with Gasteiger partial charge in [-0.05, 0) is 61.3 Å². The molecule has 2 aliphatic carbocycles. The molecule has 2 aliphatic rings. The molecule has 0 bridgehead atoms. The van der Waals surface area contributed by atoms with Gasteiger partial charge in [0.1, 0.15) is 0 Å². The molecule has 110 valence electrons. The first-order chi connectivity index (χ1) is 10.4. The van der Waals surface area contributed by atoms with Crippen molar-refractivity contribution in [2.24, 2.45) is 5.92 Å². The van der Waals surface area contributed by atoms with Crippen LogP contribution in [0.4, 0.5) is 0 Å². The molecule has 3 atom stereocenters. The van der Waals surface area contributed by atoms with E-state index >= 15 is 0 Å². The minimum atomic E-state index is 0.566. The highest BCUT2D eigenvalue weighted by atomic mass is 32.1. The third-order valence-corrected chi connectivity index (χ3v) is 6.31. The highest BCUT2D eigenvalue weighted by Gasteiger charge is 2.44. The molecule has 0 aliphatic heterocycles. The fourth-order valence-corrected chi connectivity index (χ4v) is 5.26. The van der Waals surface area contributed by atoms with E-state index in [1.54, 1.807) is 15.3 Å². The van der Waals surface area contributed by atoms with Crippen LogP contribution in [0, 0.1) is 5.92 Å². The Morgan fingerprint density at radius 3 is 2.86 bits per heavy atom. The summed E-state index contributed by atoms with van der Waals surface area (Å²) in [6.45, 7) is 3.29. The normalized spacial score (nSPS) is 24.8. The van der Waals surface area contributed by atoms with Crippen molar-refractivity contribution in [1.82, 2.24) is 5.32 Å². The van der Waals surface area contributed by atoms with Crippen molar-refractivity contribution in [2.75, 3.05) is 6.54 Å². The summed E-state index contributed by atoms with van der Waals surface area (Å²) in [5.74, 6) is 1.54. The van der Waals surface area contributed by atoms with Gasteiger partial charge in [0.25, 0.3) is 0 Å². The molecule has 21 heavy (non-hydrogen) atoms. The Kier molecular flexibility index (Phi) is 3.60. The molecule has 2 aromatic rings. The van der Waals surface area contributed by atoms with Crippen LogP contribution in [-0.4, -0.2) is 6.54 Å². The molecule has 1 aromatic heterocycles. The molecule has 4 rings (SSSR count). The molecule has 1 nitrogen and oxygen atoms in total. The van der Waals surface area contributed by atoms with E-state index in [0.29, 0.717) is 6.04 Å². The largest absolute Gasteiger partial charge is 0.309 e. The lowest BCUT2D eigenvalue weighted by Gasteiger charge is -2.17. The molecule has 0 saturated heterocycles. The zero-order valence-electron chi connectivity index (χ0n) is 12.6. The smallest absolute Gasteiger partial charge is 0.0449 e. The summed E-state index contributed by atoms with van der Waals surface area (Å²) in [5, 5.41) is 3.76. The number of benzene rings is 1. The zero-order chi connectivity index (χ0) is 14.2. The number of aryl methyl sites for hydroxylation is 2. The Labute approximate surface area is 131 Å². The monoisotopic (exact) mass is 297 g/mol. The SMILES string of the molecule is CCNC(c1cc2c(s1)CCC2)C1CC1c1ccccc1. The summed E-state index contributed by atoms with van der Waals surface area (Å²) in [4.78, 5) is 3.25. The average Bonchev–Trinajstić information content (AvgIpc) is 3.00. The van der Waals surface area contributed by atoms with E-state index in [1.807, 2.05) is 0 Å². The molecule has 3 unspecified atom stereocenters. The van der Waals surface area contributed by atoms with E-state index < -0.39 is 0 Å². The van der Waals surface area contributed by atoms with Crippen LogP contribution in [0.25, 0.3) is 0 Å². The summed E-state index contributed by atoms with van der Waals surface area (Å²) in [7, 11) is 0. The maximum absolute atomic E-state index is 3.76. The van der Waals surface area contributed by atoms with Crippen LogP contribution < -0.4 is 5.32 Å². The second kappa shape index (κ2) is 5.58. The van der Waals surface area contributed by atoms with Gasteiger partial charge in [0.15, 0.2) is 0 Å². The van der Waals surface area contributed by atoms with Gasteiger partial charge in [-0.3, -0.25) is 0 Å². The van der Waals surface area contributed by atoms with E-state index in [-0.39, 0.29) is 0 Å². The fraction of sp³-hybridized carbons (Fsp3) is 0.474. The van der Waals surface area contributed by atoms with E-state index in [2.05, 4.69) is 60.0 Å². The summed E-state index contributed by atoms with van der Waals surface area (Å²) in [6.07, 6.45) is 5.32. The van der Waals surface area contributed by atoms with Crippen molar-refractivity contribution in [3.05, 3.63) is 57.3 Å². The fourth-order valence-electron chi connectivity index (χ4n) is 3.85. The molecule has 1 heterocycles. The molecule has 1 N–H and O–H groups in total. The Bertz CT molecular complexity index is 594. The summed E-state index contributed by atoms with van der Waals surface area (Å²) >= 11 is 2.07. The first-order valence-electron chi connectivity index (χ1n) is 8.26. The van der Waals surface area contributed by atoms with E-state index in [4.69, 9.17) is 0 Å². The highest BCUT2D eigenvalue weighted by Crippen LogP contribution is 2.55. The Morgan fingerprint density at radius 1 is 1.24 bits per heavy atom. The minimum Gasteiger partial charge on any atom is -0.309 e. The van der Waals surface area contributed by atoms with Gasteiger partial charge in [0.2, 0.25) is 0 Å². The van der Waals surface area contributed by atoms with Crippen molar-refractivity contribution >= 4 is 11.3 Å². The molecule has 1 fully saturated rings. The predicted octanol–water partition coefficient (Wildman–Crippen LogP) is 4.69. The molecular weight excluding hydrogens is 274 g/mol. The van der Waals surface area contributed by atoms with Crippen LogP contribution in [0.2, 0.25) is 0 Å². The number of thiophene rings is 1. The van der Waals surface area contributed by atoms with E-state index in [0.717, 1.165) is 18.4 Å². The number of rotatable bonds is 5. The van der Waals surface area contributed by atoms with Gasteiger partial charge in [0, 0.05) is 15.8 Å². The van der Waals surface area contributed by atoms with Gasteiger partial charge < -0.3 is 5.32 Å². The van der Waals surface area contributed by atoms with Crippen molar-refractivity contribution < 1.29 is 0 Å². The summed E-state index contributed by atoms with van der Waals surface area (Å²) in [6, 6.07) is 14.1. The molecule has 0 amide bonds. The van der Waals surface area contributed by atoms with Gasteiger partial charge in [-0.15, -0.1) is 11.3 Å². The number of hydrogen-bond acceptors (Lipinski definition) is 2. The van der Waals surface area contributed by atoms with Crippen LogP contribution >= 0.6 is 11.3 Å². The second-order valence-corrected chi connectivity index (χ2v) is 7.57. The molecule has 0 radical (unpaired) electrons. The quantitative estimate of drug-likeness (QED) is 0.844. The molecular formula is C19H23NS. The van der Waals surface area contributed by atoms with Crippen molar-refractivity contribution in [2.45, 2.75) is 44.6 Å². The zero-order valence-corrected chi connectivity index (χ0v) is 13.5. The van der Waals surface area contributed by atoms with Gasteiger partial charge in [-0.1, -0.05) is 37.3 Å². The number of nitrogens with one attached hydrogen (secondary N) is 1. The molecule has 1 aromatic carbocycles. The first-order valence-corrected chi connectivity index (χ1v) is 9.08. The number of hydrogen-bond donors (Lipinski definition) is 1. The number of fused-ring (bicyclic) bond motifs is 1. The van der Waals surface area contributed by atoms with Crippen LogP contribution in [0.3, 0.4) is 0 Å². The van der Waals surface area contributed by atoms with Crippen LogP contribution in [0.15, 0.2) is 36.4 Å². The lowest BCUT2D eigenvalue weighted by molar-refractivity contribution is 0.494. The third kappa shape index (κ3) is 2.56. The predicted molar refractivity (Wildman–Crippen MR) is 90.1 cm³/mol. The van der Waals surface area contributed by atoms with Gasteiger partial charge in [-0.2, -0.15) is 0 Å². The Balaban J connectivity index is 1.55. The van der Waals surface area contributed by atoms with Gasteiger partial charge in [-0.25, -0.2) is 0 Å². The Hall–Kier alpha value is -1.12. The summed E-state index contributed by atoms with van der Waals surface area (Å²) in [5.41, 5.74) is 3.16. The molecule has 0 spiro atoms. The lowest BCUT2D eigenvalue weighted by atomic mass is 10.0. The topological polar surface area (TPSA) is 12.0 Å². The van der Waals surface area contributed by atoms with Crippen molar-refractivity contribution in [3.63, 3.8) is 0 Å². The van der Waals surface area contributed by atoms with Gasteiger partial charge >= 0.3 is 0 Å². The second-order valence-electron chi connectivity index (χ2n) is 6.40. The van der Waals surface area contributed by atoms with E-state index in [9.17, 15) is 0 Å². The highest BCUT2D eigenvalue weighted by molar-refractivity contribution is 7.12. The molecule has 2 heteroatoms. The minimum absolute atomic E-state index is 0.566. The van der Waals surface area contributed by atoms with Crippen LogP contribution in [-0.2, 0) is 12.8 Å². The third-order valence-electron chi connectivity index (χ3n) is 4.99. The molecule has 1 saturated carbocycles. The first kappa shape index (κ1) is 13.5. The van der Waals surface area contributed by atoms with Crippen molar-refractivity contribution in [1.29, 1.82) is 0 Å². The van der Waals surface area contributed by atoms with Gasteiger partial charge in [0.05, 0.1) is 0 Å². The maximum Gasteiger partial charge on any atom is 0.0449 e. The average molecular weight is 297 g/mol. The summed E-state index contributed by atoms with van der Waals surface area (Å²) < 4.78 is 0. The van der Waals surface area contributed by atoms with E-state index in [1.165, 1.54) is 31.2 Å². The van der Waals surface area contributed by atoms with Crippen LogP contribution in [0.5, 0.6) is 0 Å². The Morgan fingerprint density at radius 2 is 2.10 bits per heavy atom. The maximum atomic E-state index is 3.76.